The van der Waals surface area contributed by atoms with Crippen molar-refractivity contribution < 1.29 is 17.9 Å². The van der Waals surface area contributed by atoms with Crippen molar-refractivity contribution in [3.8, 4) is 5.75 Å². The summed E-state index contributed by atoms with van der Waals surface area (Å²) in [5.41, 5.74) is 0.368. The van der Waals surface area contributed by atoms with Gasteiger partial charge in [0.1, 0.15) is 10.6 Å². The van der Waals surface area contributed by atoms with Gasteiger partial charge in [0, 0.05) is 24.7 Å². The average molecular weight is 409 g/mol. The van der Waals surface area contributed by atoms with Crippen LogP contribution in [0.2, 0.25) is 0 Å². The topological polar surface area (TPSA) is 75.7 Å². The van der Waals surface area contributed by atoms with Crippen LogP contribution in [0.25, 0.3) is 0 Å². The minimum absolute atomic E-state index is 0.0845. The highest BCUT2D eigenvalue weighted by Crippen LogP contribution is 2.30. The molecule has 0 spiro atoms. The third kappa shape index (κ3) is 4.69. The number of sulfonamides is 1. The fourth-order valence-corrected chi connectivity index (χ4v) is 5.92. The Morgan fingerprint density at radius 3 is 2.39 bits per heavy atom. The fraction of sp³-hybridized carbons (Fsp3) is 0.667. The number of carbonyl (C=O) groups is 1. The standard InChI is InChI=1S/C21H32N2O4S/c1-16-9-5-6-10-18(16)22-21(24)17-11-12-19(27-2)20(15-17)28(25,26)23-13-7-3-4-8-14-23/h11-12,15-16,18H,3-10,13-14H2,1-2H3,(H,22,24). The van der Waals surface area contributed by atoms with Gasteiger partial charge >= 0.3 is 0 Å². The molecule has 1 heterocycles. The Bertz CT molecular complexity index is 786. The lowest BCUT2D eigenvalue weighted by molar-refractivity contribution is 0.0910. The predicted octanol–water partition coefficient (Wildman–Crippen LogP) is 3.57. The summed E-state index contributed by atoms with van der Waals surface area (Å²) in [6.07, 6.45) is 8.23. The maximum atomic E-state index is 13.3. The van der Waals surface area contributed by atoms with E-state index >= 15 is 0 Å². The van der Waals surface area contributed by atoms with Crippen LogP contribution in [0.3, 0.4) is 0 Å². The number of methoxy groups -OCH3 is 1. The minimum atomic E-state index is -3.70. The summed E-state index contributed by atoms with van der Waals surface area (Å²) >= 11 is 0. The van der Waals surface area contributed by atoms with Gasteiger partial charge in [-0.3, -0.25) is 4.79 Å². The maximum Gasteiger partial charge on any atom is 0.251 e. The van der Waals surface area contributed by atoms with E-state index in [0.29, 0.717) is 24.6 Å². The number of nitrogens with one attached hydrogen (secondary N) is 1. The van der Waals surface area contributed by atoms with Crippen molar-refractivity contribution in [2.45, 2.75) is 69.2 Å². The summed E-state index contributed by atoms with van der Waals surface area (Å²) in [5.74, 6) is 0.511. The molecule has 2 aliphatic rings. The fourth-order valence-electron chi connectivity index (χ4n) is 4.22. The van der Waals surface area contributed by atoms with Gasteiger partial charge in [-0.05, 0) is 49.8 Å². The normalized spacial score (nSPS) is 24.4. The van der Waals surface area contributed by atoms with Crippen LogP contribution in [-0.4, -0.2) is 44.9 Å². The van der Waals surface area contributed by atoms with Crippen LogP contribution in [0.4, 0.5) is 0 Å². The van der Waals surface area contributed by atoms with E-state index in [1.165, 1.54) is 23.9 Å². The van der Waals surface area contributed by atoms with E-state index in [9.17, 15) is 13.2 Å². The van der Waals surface area contributed by atoms with Gasteiger partial charge in [0.15, 0.2) is 0 Å². The molecule has 7 heteroatoms. The molecule has 1 aromatic rings. The average Bonchev–Trinajstić information content (AvgIpc) is 2.99. The first-order valence-corrected chi connectivity index (χ1v) is 11.9. The number of benzene rings is 1. The summed E-state index contributed by atoms with van der Waals surface area (Å²) in [7, 11) is -2.24. The smallest absolute Gasteiger partial charge is 0.251 e. The third-order valence-electron chi connectivity index (χ3n) is 6.04. The number of rotatable bonds is 5. The lowest BCUT2D eigenvalue weighted by atomic mass is 9.86. The van der Waals surface area contributed by atoms with Gasteiger partial charge in [-0.1, -0.05) is 32.6 Å². The molecule has 28 heavy (non-hydrogen) atoms. The maximum absolute atomic E-state index is 13.3. The Morgan fingerprint density at radius 2 is 1.75 bits per heavy atom. The molecule has 0 radical (unpaired) electrons. The monoisotopic (exact) mass is 408 g/mol. The zero-order valence-corrected chi connectivity index (χ0v) is 17.8. The summed E-state index contributed by atoms with van der Waals surface area (Å²) in [4.78, 5) is 12.9. The van der Waals surface area contributed by atoms with Gasteiger partial charge in [-0.15, -0.1) is 0 Å². The highest BCUT2D eigenvalue weighted by Gasteiger charge is 2.30. The molecule has 1 saturated heterocycles. The molecule has 1 aromatic carbocycles. The number of nitrogens with zero attached hydrogens (tertiary/aromatic N) is 1. The van der Waals surface area contributed by atoms with Crippen LogP contribution < -0.4 is 10.1 Å². The van der Waals surface area contributed by atoms with E-state index < -0.39 is 10.0 Å². The number of ether oxygens (including phenoxy) is 1. The number of hydrogen-bond acceptors (Lipinski definition) is 4. The van der Waals surface area contributed by atoms with Crippen molar-refractivity contribution in [1.82, 2.24) is 9.62 Å². The Kier molecular flexibility index (Phi) is 6.99. The Hall–Kier alpha value is -1.60. The Labute approximate surface area is 168 Å². The highest BCUT2D eigenvalue weighted by atomic mass is 32.2. The van der Waals surface area contributed by atoms with Crippen LogP contribution in [0.1, 0.15) is 68.6 Å². The number of hydrogen-bond donors (Lipinski definition) is 1. The first-order chi connectivity index (χ1) is 13.4. The minimum Gasteiger partial charge on any atom is -0.495 e. The lowest BCUT2D eigenvalue weighted by Crippen LogP contribution is -2.41. The van der Waals surface area contributed by atoms with Crippen LogP contribution in [0.5, 0.6) is 5.75 Å². The molecule has 156 valence electrons. The van der Waals surface area contributed by atoms with Crippen molar-refractivity contribution in [1.29, 1.82) is 0 Å². The molecule has 1 aliphatic carbocycles. The molecule has 0 bridgehead atoms. The van der Waals surface area contributed by atoms with E-state index in [1.807, 2.05) is 0 Å². The Balaban J connectivity index is 1.85. The van der Waals surface area contributed by atoms with Crippen LogP contribution in [0.15, 0.2) is 23.1 Å². The van der Waals surface area contributed by atoms with E-state index in [2.05, 4.69) is 12.2 Å². The number of amides is 1. The van der Waals surface area contributed by atoms with Gasteiger partial charge < -0.3 is 10.1 Å². The van der Waals surface area contributed by atoms with Gasteiger partial charge in [0.05, 0.1) is 7.11 Å². The van der Waals surface area contributed by atoms with Crippen molar-refractivity contribution in [3.05, 3.63) is 23.8 Å². The second-order valence-corrected chi connectivity index (χ2v) is 9.93. The molecule has 1 aliphatic heterocycles. The van der Waals surface area contributed by atoms with Crippen molar-refractivity contribution in [3.63, 3.8) is 0 Å². The van der Waals surface area contributed by atoms with E-state index in [4.69, 9.17) is 4.74 Å². The quantitative estimate of drug-likeness (QED) is 0.808. The van der Waals surface area contributed by atoms with E-state index in [0.717, 1.165) is 44.9 Å². The van der Waals surface area contributed by atoms with E-state index in [-0.39, 0.29) is 22.6 Å². The van der Waals surface area contributed by atoms with Crippen LogP contribution in [-0.2, 0) is 10.0 Å². The van der Waals surface area contributed by atoms with Gasteiger partial charge in [-0.25, -0.2) is 8.42 Å². The molecular weight excluding hydrogens is 376 g/mol. The van der Waals surface area contributed by atoms with Crippen molar-refractivity contribution >= 4 is 15.9 Å². The molecule has 3 rings (SSSR count). The van der Waals surface area contributed by atoms with E-state index in [1.54, 1.807) is 12.1 Å². The molecule has 2 fully saturated rings. The van der Waals surface area contributed by atoms with Gasteiger partial charge in [-0.2, -0.15) is 4.31 Å². The van der Waals surface area contributed by atoms with Crippen molar-refractivity contribution in [2.75, 3.05) is 20.2 Å². The zero-order chi connectivity index (χ0) is 20.1. The Morgan fingerprint density at radius 1 is 1.07 bits per heavy atom. The second-order valence-electron chi connectivity index (χ2n) is 8.03. The SMILES string of the molecule is COc1ccc(C(=O)NC2CCCCC2C)cc1S(=O)(=O)N1CCCCCC1. The van der Waals surface area contributed by atoms with Gasteiger partial charge in [0.2, 0.25) is 10.0 Å². The third-order valence-corrected chi connectivity index (χ3v) is 7.96. The molecule has 1 amide bonds. The molecule has 1 N–H and O–H groups in total. The highest BCUT2D eigenvalue weighted by molar-refractivity contribution is 7.89. The summed E-state index contributed by atoms with van der Waals surface area (Å²) in [5, 5.41) is 3.10. The lowest BCUT2D eigenvalue weighted by Gasteiger charge is -2.29. The first kappa shape index (κ1) is 21.1. The molecule has 6 nitrogen and oxygen atoms in total. The summed E-state index contributed by atoms with van der Waals surface area (Å²) in [6.45, 7) is 3.19. The first-order valence-electron chi connectivity index (χ1n) is 10.4. The molecule has 2 atom stereocenters. The molecule has 0 aromatic heterocycles. The van der Waals surface area contributed by atoms with Crippen LogP contribution in [0, 0.1) is 5.92 Å². The predicted molar refractivity (Wildman–Crippen MR) is 109 cm³/mol. The molecule has 1 saturated carbocycles. The second kappa shape index (κ2) is 9.27. The van der Waals surface area contributed by atoms with Crippen molar-refractivity contribution in [2.24, 2.45) is 5.92 Å². The van der Waals surface area contributed by atoms with Gasteiger partial charge in [0.25, 0.3) is 5.91 Å². The number of carbonyl (C=O) groups excluding carboxylic acids is 1. The largest absolute Gasteiger partial charge is 0.495 e. The molecule has 2 unspecified atom stereocenters. The van der Waals surface area contributed by atoms with Crippen LogP contribution >= 0.6 is 0 Å². The molecular formula is C21H32N2O4S. The zero-order valence-electron chi connectivity index (χ0n) is 16.9. The summed E-state index contributed by atoms with van der Waals surface area (Å²) < 4.78 is 33.4. The summed E-state index contributed by atoms with van der Waals surface area (Å²) in [6, 6.07) is 4.85.